The van der Waals surface area contributed by atoms with Crippen molar-refractivity contribution in [3.05, 3.63) is 45.1 Å². The minimum absolute atomic E-state index is 0.0338. The number of carbonyl (C=O) groups excluding carboxylic acids is 1. The first kappa shape index (κ1) is 17.3. The molecule has 1 heterocycles. The summed E-state index contributed by atoms with van der Waals surface area (Å²) in [6, 6.07) is 5.56. The molecule has 1 atom stereocenters. The molecule has 23 heavy (non-hydrogen) atoms. The molecule has 1 N–H and O–H groups in total. The van der Waals surface area contributed by atoms with Crippen molar-refractivity contribution in [2.24, 2.45) is 0 Å². The third kappa shape index (κ3) is 3.67. The molecule has 0 radical (unpaired) electrons. The molecular weight excluding hydrogens is 310 g/mol. The Balaban J connectivity index is 2.18. The zero-order valence-corrected chi connectivity index (χ0v) is 15.0. The van der Waals surface area contributed by atoms with Gasteiger partial charge in [0.1, 0.15) is 0 Å². The zero-order chi connectivity index (χ0) is 17.0. The second-order valence-corrected chi connectivity index (χ2v) is 6.43. The Morgan fingerprint density at radius 2 is 1.96 bits per heavy atom. The fraction of sp³-hybridized carbons (Fsp3) is 0.389. The average Bonchev–Trinajstić information content (AvgIpc) is 2.94. The van der Waals surface area contributed by atoms with Crippen molar-refractivity contribution in [2.45, 2.75) is 33.2 Å². The Kier molecular flexibility index (Phi) is 5.66. The van der Waals surface area contributed by atoms with Crippen molar-refractivity contribution in [1.29, 1.82) is 0 Å². The minimum Gasteiger partial charge on any atom is -0.493 e. The van der Waals surface area contributed by atoms with Gasteiger partial charge in [-0.2, -0.15) is 0 Å². The SMILES string of the molecule is CCc1c(C(=O)NC(C)c2ccc(OC)c(OC)c2)csc1C. The second-order valence-electron chi connectivity index (χ2n) is 5.35. The molecule has 0 fully saturated rings. The van der Waals surface area contributed by atoms with Gasteiger partial charge in [-0.1, -0.05) is 13.0 Å². The quantitative estimate of drug-likeness (QED) is 0.865. The largest absolute Gasteiger partial charge is 0.493 e. The number of benzene rings is 1. The summed E-state index contributed by atoms with van der Waals surface area (Å²) >= 11 is 1.62. The number of thiophene rings is 1. The van der Waals surface area contributed by atoms with Gasteiger partial charge in [-0.25, -0.2) is 0 Å². The predicted molar refractivity (Wildman–Crippen MR) is 93.9 cm³/mol. The molecule has 5 heteroatoms. The number of carbonyl (C=O) groups is 1. The maximum absolute atomic E-state index is 12.5. The Morgan fingerprint density at radius 3 is 2.57 bits per heavy atom. The van der Waals surface area contributed by atoms with E-state index >= 15 is 0 Å². The summed E-state index contributed by atoms with van der Waals surface area (Å²) in [6.45, 7) is 6.09. The van der Waals surface area contributed by atoms with Crippen LogP contribution in [0.25, 0.3) is 0 Å². The smallest absolute Gasteiger partial charge is 0.252 e. The Bertz CT molecular complexity index is 694. The minimum atomic E-state index is -0.118. The van der Waals surface area contributed by atoms with Gasteiger partial charge in [0.25, 0.3) is 5.91 Å². The highest BCUT2D eigenvalue weighted by molar-refractivity contribution is 7.10. The van der Waals surface area contributed by atoms with Crippen LogP contribution < -0.4 is 14.8 Å². The Morgan fingerprint density at radius 1 is 1.26 bits per heavy atom. The number of nitrogens with one attached hydrogen (secondary N) is 1. The number of aryl methyl sites for hydroxylation is 1. The number of ether oxygens (including phenoxy) is 2. The van der Waals surface area contributed by atoms with Crippen LogP contribution in [0.15, 0.2) is 23.6 Å². The molecule has 124 valence electrons. The summed E-state index contributed by atoms with van der Waals surface area (Å²) in [4.78, 5) is 13.7. The van der Waals surface area contributed by atoms with Gasteiger partial charge in [0.2, 0.25) is 0 Å². The van der Waals surface area contributed by atoms with Crippen molar-refractivity contribution < 1.29 is 14.3 Å². The van der Waals surface area contributed by atoms with E-state index in [0.717, 1.165) is 23.1 Å². The van der Waals surface area contributed by atoms with Crippen LogP contribution in [0.2, 0.25) is 0 Å². The molecule has 2 aromatic rings. The van der Waals surface area contributed by atoms with E-state index in [1.165, 1.54) is 4.88 Å². The molecule has 0 saturated carbocycles. The van der Waals surface area contributed by atoms with E-state index in [9.17, 15) is 4.79 Å². The van der Waals surface area contributed by atoms with Crippen LogP contribution in [0.1, 0.15) is 46.3 Å². The van der Waals surface area contributed by atoms with Crippen molar-refractivity contribution in [3.63, 3.8) is 0 Å². The maximum atomic E-state index is 12.5. The first-order valence-corrected chi connectivity index (χ1v) is 8.49. The third-order valence-electron chi connectivity index (χ3n) is 3.96. The van der Waals surface area contributed by atoms with Crippen molar-refractivity contribution in [1.82, 2.24) is 5.32 Å². The average molecular weight is 333 g/mol. The van der Waals surface area contributed by atoms with Gasteiger partial charge in [0.15, 0.2) is 11.5 Å². The van der Waals surface area contributed by atoms with E-state index < -0.39 is 0 Å². The van der Waals surface area contributed by atoms with Crippen LogP contribution in [0.5, 0.6) is 11.5 Å². The molecule has 4 nitrogen and oxygen atoms in total. The summed E-state index contributed by atoms with van der Waals surface area (Å²) in [5, 5.41) is 5.00. The molecule has 0 bridgehead atoms. The van der Waals surface area contributed by atoms with Gasteiger partial charge in [0, 0.05) is 10.3 Å². The molecule has 1 unspecified atom stereocenters. The molecule has 1 aromatic carbocycles. The molecule has 2 rings (SSSR count). The van der Waals surface area contributed by atoms with Crippen LogP contribution in [-0.2, 0) is 6.42 Å². The summed E-state index contributed by atoms with van der Waals surface area (Å²) in [7, 11) is 3.21. The first-order valence-electron chi connectivity index (χ1n) is 7.61. The number of amides is 1. The summed E-state index contributed by atoms with van der Waals surface area (Å²) in [5.74, 6) is 1.30. The highest BCUT2D eigenvalue weighted by atomic mass is 32.1. The van der Waals surface area contributed by atoms with E-state index in [1.54, 1.807) is 25.6 Å². The zero-order valence-electron chi connectivity index (χ0n) is 14.2. The number of hydrogen-bond acceptors (Lipinski definition) is 4. The third-order valence-corrected chi connectivity index (χ3v) is 4.91. The van der Waals surface area contributed by atoms with Crippen LogP contribution in [0, 0.1) is 6.92 Å². The predicted octanol–water partition coefficient (Wildman–Crippen LogP) is 4.13. The van der Waals surface area contributed by atoms with E-state index in [1.807, 2.05) is 30.5 Å². The number of rotatable bonds is 6. The van der Waals surface area contributed by atoms with Gasteiger partial charge in [-0.3, -0.25) is 4.79 Å². The van der Waals surface area contributed by atoms with Gasteiger partial charge < -0.3 is 14.8 Å². The van der Waals surface area contributed by atoms with Crippen molar-refractivity contribution >= 4 is 17.2 Å². The Hall–Kier alpha value is -2.01. The summed E-state index contributed by atoms with van der Waals surface area (Å²) < 4.78 is 10.6. The van der Waals surface area contributed by atoms with Gasteiger partial charge >= 0.3 is 0 Å². The number of hydrogen-bond donors (Lipinski definition) is 1. The standard InChI is InChI=1S/C18H23NO3S/c1-6-14-12(3)23-10-15(14)18(20)19-11(2)13-7-8-16(21-4)17(9-13)22-5/h7-11H,6H2,1-5H3,(H,19,20). The van der Waals surface area contributed by atoms with Crippen LogP contribution in [0.3, 0.4) is 0 Å². The fourth-order valence-electron chi connectivity index (χ4n) is 2.59. The lowest BCUT2D eigenvalue weighted by Crippen LogP contribution is -2.27. The monoisotopic (exact) mass is 333 g/mol. The van der Waals surface area contributed by atoms with E-state index in [-0.39, 0.29) is 11.9 Å². The maximum Gasteiger partial charge on any atom is 0.252 e. The van der Waals surface area contributed by atoms with Crippen molar-refractivity contribution in [3.8, 4) is 11.5 Å². The van der Waals surface area contributed by atoms with Gasteiger partial charge in [-0.15, -0.1) is 11.3 Å². The van der Waals surface area contributed by atoms with Crippen LogP contribution >= 0.6 is 11.3 Å². The molecule has 0 saturated heterocycles. The normalized spacial score (nSPS) is 11.9. The Labute approximate surface area is 141 Å². The van der Waals surface area contributed by atoms with Crippen LogP contribution in [-0.4, -0.2) is 20.1 Å². The molecule has 0 aliphatic heterocycles. The van der Waals surface area contributed by atoms with E-state index in [2.05, 4.69) is 19.2 Å². The molecule has 0 spiro atoms. The topological polar surface area (TPSA) is 47.6 Å². The lowest BCUT2D eigenvalue weighted by molar-refractivity contribution is 0.0939. The van der Waals surface area contributed by atoms with Crippen LogP contribution in [0.4, 0.5) is 0 Å². The number of methoxy groups -OCH3 is 2. The lowest BCUT2D eigenvalue weighted by Gasteiger charge is -2.17. The van der Waals surface area contributed by atoms with Gasteiger partial charge in [-0.05, 0) is 43.5 Å². The highest BCUT2D eigenvalue weighted by Crippen LogP contribution is 2.30. The van der Waals surface area contributed by atoms with E-state index in [0.29, 0.717) is 11.5 Å². The lowest BCUT2D eigenvalue weighted by atomic mass is 10.1. The first-order chi connectivity index (χ1) is 11.0. The fourth-order valence-corrected chi connectivity index (χ4v) is 3.53. The molecule has 0 aliphatic carbocycles. The van der Waals surface area contributed by atoms with Crippen molar-refractivity contribution in [2.75, 3.05) is 14.2 Å². The van der Waals surface area contributed by atoms with Gasteiger partial charge in [0.05, 0.1) is 25.8 Å². The highest BCUT2D eigenvalue weighted by Gasteiger charge is 2.18. The molecular formula is C18H23NO3S. The molecule has 0 aliphatic rings. The van der Waals surface area contributed by atoms with E-state index in [4.69, 9.17) is 9.47 Å². The molecule has 1 aromatic heterocycles. The summed E-state index contributed by atoms with van der Waals surface area (Å²) in [5.41, 5.74) is 2.88. The second kappa shape index (κ2) is 7.51. The molecule has 1 amide bonds. The summed E-state index contributed by atoms with van der Waals surface area (Å²) in [6.07, 6.45) is 0.864.